The molecule has 0 saturated carbocycles. The first-order valence-electron chi connectivity index (χ1n) is 7.10. The summed E-state index contributed by atoms with van der Waals surface area (Å²) in [4.78, 5) is 12.5. The number of rotatable bonds is 6. The maximum Gasteiger partial charge on any atom is 0.201 e. The van der Waals surface area contributed by atoms with Crippen LogP contribution in [0.3, 0.4) is 0 Å². The zero-order chi connectivity index (χ0) is 16.1. The van der Waals surface area contributed by atoms with E-state index >= 15 is 0 Å². The average Bonchev–Trinajstić information content (AvgIpc) is 2.94. The van der Waals surface area contributed by atoms with Crippen LogP contribution in [-0.4, -0.2) is 15.6 Å². The van der Waals surface area contributed by atoms with Gasteiger partial charge in [0.25, 0.3) is 0 Å². The predicted molar refractivity (Wildman–Crippen MR) is 92.7 cm³/mol. The van der Waals surface area contributed by atoms with Gasteiger partial charge in [-0.1, -0.05) is 83.8 Å². The highest BCUT2D eigenvalue weighted by Gasteiger charge is 2.10. The Hall–Kier alpha value is -2.18. The molecule has 0 radical (unpaired) electrons. The molecule has 23 heavy (non-hydrogen) atoms. The van der Waals surface area contributed by atoms with Crippen LogP contribution in [0.5, 0.6) is 0 Å². The molecule has 0 bridgehead atoms. The van der Waals surface area contributed by atoms with Crippen molar-refractivity contribution in [2.24, 2.45) is 0 Å². The molecule has 1 aromatic heterocycles. The SMILES string of the molecule is N=c1sc(SCc2ccccc2)nn1CC(=O)c1ccccc1. The van der Waals surface area contributed by atoms with Gasteiger partial charge in [0.1, 0.15) is 6.54 Å². The number of aromatic nitrogens is 2. The monoisotopic (exact) mass is 341 g/mol. The topological polar surface area (TPSA) is 58.7 Å². The van der Waals surface area contributed by atoms with Crippen LogP contribution in [-0.2, 0) is 12.3 Å². The number of Topliss-reactive ketones (excluding diaryl/α,β-unsaturated/α-hetero) is 1. The second kappa shape index (κ2) is 7.39. The van der Waals surface area contributed by atoms with Gasteiger partial charge in [-0.2, -0.15) is 5.10 Å². The van der Waals surface area contributed by atoms with Crippen molar-refractivity contribution in [2.75, 3.05) is 0 Å². The molecule has 0 amide bonds. The third-order valence-corrected chi connectivity index (χ3v) is 5.29. The first-order chi connectivity index (χ1) is 11.2. The summed E-state index contributed by atoms with van der Waals surface area (Å²) in [7, 11) is 0. The van der Waals surface area contributed by atoms with E-state index in [4.69, 9.17) is 5.41 Å². The van der Waals surface area contributed by atoms with Crippen molar-refractivity contribution in [1.82, 2.24) is 9.78 Å². The molecule has 4 nitrogen and oxygen atoms in total. The van der Waals surface area contributed by atoms with Crippen LogP contribution in [0.4, 0.5) is 0 Å². The molecule has 0 spiro atoms. The minimum Gasteiger partial charge on any atom is -0.292 e. The summed E-state index contributed by atoms with van der Waals surface area (Å²) in [6.45, 7) is 0.102. The summed E-state index contributed by atoms with van der Waals surface area (Å²) >= 11 is 2.89. The third kappa shape index (κ3) is 4.18. The molecule has 2 aromatic carbocycles. The van der Waals surface area contributed by atoms with Crippen LogP contribution in [0, 0.1) is 5.41 Å². The molecule has 0 aliphatic heterocycles. The summed E-state index contributed by atoms with van der Waals surface area (Å²) in [5.74, 6) is 0.773. The van der Waals surface area contributed by atoms with Gasteiger partial charge in [-0.25, -0.2) is 4.68 Å². The Bertz CT molecular complexity index is 841. The first kappa shape index (κ1) is 15.7. The minimum absolute atomic E-state index is 0.0333. The summed E-state index contributed by atoms with van der Waals surface area (Å²) in [6.07, 6.45) is 0. The Morgan fingerprint density at radius 2 is 1.74 bits per heavy atom. The Kier molecular flexibility index (Phi) is 5.05. The molecular formula is C17H15N3OS2. The first-order valence-corrected chi connectivity index (χ1v) is 8.90. The summed E-state index contributed by atoms with van der Waals surface area (Å²) in [5.41, 5.74) is 1.86. The molecule has 116 valence electrons. The van der Waals surface area contributed by atoms with Crippen molar-refractivity contribution in [2.45, 2.75) is 16.6 Å². The molecule has 3 rings (SSSR count). The Morgan fingerprint density at radius 3 is 2.43 bits per heavy atom. The van der Waals surface area contributed by atoms with E-state index in [1.54, 1.807) is 23.9 Å². The minimum atomic E-state index is -0.0333. The second-order valence-corrected chi connectivity index (χ2v) is 7.09. The lowest BCUT2D eigenvalue weighted by molar-refractivity contribution is 0.0965. The maximum atomic E-state index is 12.2. The van der Waals surface area contributed by atoms with Crippen LogP contribution in [0.25, 0.3) is 0 Å². The fourth-order valence-electron chi connectivity index (χ4n) is 2.04. The molecule has 0 atom stereocenters. The van der Waals surface area contributed by atoms with Crippen molar-refractivity contribution in [1.29, 1.82) is 5.41 Å². The number of hydrogen-bond acceptors (Lipinski definition) is 5. The number of ketones is 1. The predicted octanol–water partition coefficient (Wildman–Crippen LogP) is 3.60. The van der Waals surface area contributed by atoms with Gasteiger partial charge in [0.2, 0.25) is 4.80 Å². The van der Waals surface area contributed by atoms with Gasteiger partial charge in [-0.05, 0) is 5.56 Å². The number of hydrogen-bond donors (Lipinski definition) is 1. The van der Waals surface area contributed by atoms with Crippen molar-refractivity contribution in [3.05, 3.63) is 76.6 Å². The van der Waals surface area contributed by atoms with E-state index in [1.807, 2.05) is 36.4 Å². The zero-order valence-corrected chi connectivity index (χ0v) is 13.9. The van der Waals surface area contributed by atoms with Crippen LogP contribution < -0.4 is 4.80 Å². The Balaban J connectivity index is 1.67. The van der Waals surface area contributed by atoms with Crippen LogP contribution in [0.1, 0.15) is 15.9 Å². The number of benzene rings is 2. The van der Waals surface area contributed by atoms with E-state index in [9.17, 15) is 4.79 Å². The molecule has 0 fully saturated rings. The molecule has 1 N–H and O–H groups in total. The van der Waals surface area contributed by atoms with Crippen LogP contribution in [0.2, 0.25) is 0 Å². The molecular weight excluding hydrogens is 326 g/mol. The third-order valence-electron chi connectivity index (χ3n) is 3.22. The van der Waals surface area contributed by atoms with E-state index in [-0.39, 0.29) is 12.3 Å². The van der Waals surface area contributed by atoms with E-state index in [0.717, 1.165) is 10.1 Å². The smallest absolute Gasteiger partial charge is 0.201 e. The van der Waals surface area contributed by atoms with E-state index in [1.165, 1.54) is 21.6 Å². The quantitative estimate of drug-likeness (QED) is 0.550. The highest BCUT2D eigenvalue weighted by molar-refractivity contribution is 8.00. The van der Waals surface area contributed by atoms with Crippen molar-refractivity contribution < 1.29 is 4.79 Å². The van der Waals surface area contributed by atoms with Gasteiger partial charge >= 0.3 is 0 Å². The van der Waals surface area contributed by atoms with Gasteiger partial charge in [-0.3, -0.25) is 10.2 Å². The van der Waals surface area contributed by atoms with Gasteiger partial charge in [0.15, 0.2) is 10.1 Å². The molecule has 0 saturated heterocycles. The molecule has 0 unspecified atom stereocenters. The molecule has 0 aliphatic carbocycles. The molecule has 1 heterocycles. The fourth-order valence-corrected chi connectivity index (χ4v) is 3.84. The van der Waals surface area contributed by atoms with E-state index < -0.39 is 0 Å². The Morgan fingerprint density at radius 1 is 1.09 bits per heavy atom. The number of carbonyl (C=O) groups excluding carboxylic acids is 1. The van der Waals surface area contributed by atoms with Crippen LogP contribution in [0.15, 0.2) is 65.0 Å². The summed E-state index contributed by atoms with van der Waals surface area (Å²) in [6, 6.07) is 19.2. The van der Waals surface area contributed by atoms with Crippen LogP contribution >= 0.6 is 23.1 Å². The van der Waals surface area contributed by atoms with Gasteiger partial charge in [0, 0.05) is 11.3 Å². The van der Waals surface area contributed by atoms with Crippen molar-refractivity contribution in [3.63, 3.8) is 0 Å². The maximum absolute atomic E-state index is 12.2. The number of nitrogens with one attached hydrogen (secondary N) is 1. The van der Waals surface area contributed by atoms with Gasteiger partial charge in [-0.15, -0.1) is 0 Å². The standard InChI is InChI=1S/C17H15N3OS2/c18-16-20(11-15(21)14-9-5-2-6-10-14)19-17(23-16)22-12-13-7-3-1-4-8-13/h1-10,18H,11-12H2. The summed E-state index contributed by atoms with van der Waals surface area (Å²) in [5, 5.41) is 12.4. The van der Waals surface area contributed by atoms with E-state index in [0.29, 0.717) is 10.4 Å². The number of nitrogens with zero attached hydrogens (tertiary/aromatic N) is 2. The molecule has 0 aliphatic rings. The van der Waals surface area contributed by atoms with Crippen molar-refractivity contribution in [3.8, 4) is 0 Å². The lowest BCUT2D eigenvalue weighted by Crippen LogP contribution is -2.20. The summed E-state index contributed by atoms with van der Waals surface area (Å²) < 4.78 is 2.27. The normalized spacial score (nSPS) is 10.6. The van der Waals surface area contributed by atoms with Gasteiger partial charge in [0.05, 0.1) is 0 Å². The lowest BCUT2D eigenvalue weighted by Gasteiger charge is -2.01. The molecule has 3 aromatic rings. The van der Waals surface area contributed by atoms with E-state index in [2.05, 4.69) is 17.2 Å². The number of carbonyl (C=O) groups is 1. The van der Waals surface area contributed by atoms with Crippen molar-refractivity contribution >= 4 is 28.9 Å². The van der Waals surface area contributed by atoms with Gasteiger partial charge < -0.3 is 0 Å². The highest BCUT2D eigenvalue weighted by Crippen LogP contribution is 2.22. The average molecular weight is 341 g/mol. The number of thioether (sulfide) groups is 1. The lowest BCUT2D eigenvalue weighted by atomic mass is 10.1. The largest absolute Gasteiger partial charge is 0.292 e. The fraction of sp³-hybridized carbons (Fsp3) is 0.118. The molecule has 6 heteroatoms. The highest BCUT2D eigenvalue weighted by atomic mass is 32.2. The zero-order valence-electron chi connectivity index (χ0n) is 12.3. The second-order valence-electron chi connectivity index (χ2n) is 4.89. The Labute approximate surface area is 142 Å².